The summed E-state index contributed by atoms with van der Waals surface area (Å²) in [6.07, 6.45) is 12.9. The van der Waals surface area contributed by atoms with Crippen LogP contribution < -0.4 is 5.32 Å². The van der Waals surface area contributed by atoms with E-state index in [0.717, 1.165) is 38.5 Å². The zero-order valence-corrected chi connectivity index (χ0v) is 17.2. The highest BCUT2D eigenvalue weighted by Crippen LogP contribution is 2.36. The third-order valence-corrected chi connectivity index (χ3v) is 5.36. The summed E-state index contributed by atoms with van der Waals surface area (Å²) in [5.74, 6) is -0.262. The van der Waals surface area contributed by atoms with Gasteiger partial charge in [0.25, 0.3) is 0 Å². The summed E-state index contributed by atoms with van der Waals surface area (Å²) in [5.41, 5.74) is 0. The van der Waals surface area contributed by atoms with Crippen molar-refractivity contribution in [2.45, 2.75) is 83.0 Å². The normalized spacial score (nSPS) is 26.3. The van der Waals surface area contributed by atoms with Crippen molar-refractivity contribution >= 4 is 5.91 Å². The number of carbonyl (C=O) groups is 1. The van der Waals surface area contributed by atoms with Gasteiger partial charge in [-0.15, -0.1) is 0 Å². The second-order valence-corrected chi connectivity index (χ2v) is 7.73. The summed E-state index contributed by atoms with van der Waals surface area (Å²) in [6.45, 7) is 2.37. The molecule has 6 nitrogen and oxygen atoms in total. The van der Waals surface area contributed by atoms with Gasteiger partial charge in [0.05, 0.1) is 24.9 Å². The summed E-state index contributed by atoms with van der Waals surface area (Å²) < 4.78 is 0. The van der Waals surface area contributed by atoms with Gasteiger partial charge in [-0.1, -0.05) is 50.5 Å². The zero-order chi connectivity index (χ0) is 20.8. The van der Waals surface area contributed by atoms with Crippen molar-refractivity contribution in [2.75, 3.05) is 13.2 Å². The number of nitrogens with one attached hydrogen (secondary N) is 1. The lowest BCUT2D eigenvalue weighted by Crippen LogP contribution is -2.25. The molecule has 0 aromatic carbocycles. The minimum Gasteiger partial charge on any atom is -0.395 e. The summed E-state index contributed by atoms with van der Waals surface area (Å²) in [6, 6.07) is 0. The molecule has 5 atom stereocenters. The fourth-order valence-electron chi connectivity index (χ4n) is 3.70. The van der Waals surface area contributed by atoms with Crippen LogP contribution in [-0.4, -0.2) is 57.8 Å². The highest BCUT2D eigenvalue weighted by Gasteiger charge is 2.39. The standard InChI is InChI=1S/C22H39NO5/c1-2-3-6-9-17(25)12-13-19-18(20(26)16-21(19)27)10-7-4-5-8-11-22(28)23-14-15-24/h4,7,12-13,17-21,24-27H,2-3,5-6,8-11,14-16H2,1H3,(H,23,28)/t17-,18+,19+,20+,21+/m0/s1. The molecule has 1 aliphatic rings. The average molecular weight is 398 g/mol. The molecule has 0 bridgehead atoms. The number of rotatable bonds is 14. The minimum atomic E-state index is -0.581. The number of hydrogen-bond acceptors (Lipinski definition) is 5. The number of amides is 1. The van der Waals surface area contributed by atoms with E-state index in [4.69, 9.17) is 5.11 Å². The van der Waals surface area contributed by atoms with Gasteiger partial charge in [-0.3, -0.25) is 4.79 Å². The first-order chi connectivity index (χ1) is 13.5. The predicted octanol–water partition coefficient (Wildman–Crippen LogP) is 2.07. The van der Waals surface area contributed by atoms with Gasteiger partial charge in [-0.25, -0.2) is 0 Å². The molecule has 162 valence electrons. The van der Waals surface area contributed by atoms with Crippen LogP contribution in [0.15, 0.2) is 24.3 Å². The average Bonchev–Trinajstić information content (AvgIpc) is 2.94. The van der Waals surface area contributed by atoms with Crippen molar-refractivity contribution in [3.63, 3.8) is 0 Å². The Morgan fingerprint density at radius 1 is 1.18 bits per heavy atom. The molecule has 0 aromatic rings. The molecular formula is C22H39NO5. The van der Waals surface area contributed by atoms with Crippen LogP contribution >= 0.6 is 0 Å². The number of aliphatic hydroxyl groups is 4. The zero-order valence-electron chi connectivity index (χ0n) is 17.2. The van der Waals surface area contributed by atoms with Gasteiger partial charge < -0.3 is 25.7 Å². The van der Waals surface area contributed by atoms with E-state index in [1.54, 1.807) is 6.08 Å². The molecular weight excluding hydrogens is 358 g/mol. The van der Waals surface area contributed by atoms with Crippen LogP contribution in [0.3, 0.4) is 0 Å². The van der Waals surface area contributed by atoms with Crippen LogP contribution in [0.4, 0.5) is 0 Å². The van der Waals surface area contributed by atoms with E-state index >= 15 is 0 Å². The maximum absolute atomic E-state index is 11.4. The fourth-order valence-corrected chi connectivity index (χ4v) is 3.70. The van der Waals surface area contributed by atoms with E-state index < -0.39 is 18.3 Å². The number of allylic oxidation sites excluding steroid dienone is 2. The van der Waals surface area contributed by atoms with Gasteiger partial charge in [-0.2, -0.15) is 0 Å². The van der Waals surface area contributed by atoms with Crippen LogP contribution in [0.1, 0.15) is 64.7 Å². The molecule has 0 heterocycles. The monoisotopic (exact) mass is 397 g/mol. The van der Waals surface area contributed by atoms with Crippen LogP contribution in [0.2, 0.25) is 0 Å². The number of aliphatic hydroxyl groups excluding tert-OH is 4. The van der Waals surface area contributed by atoms with Gasteiger partial charge in [0.1, 0.15) is 0 Å². The molecule has 28 heavy (non-hydrogen) atoms. The van der Waals surface area contributed by atoms with Crippen LogP contribution in [0.25, 0.3) is 0 Å². The SMILES string of the molecule is CCCCC[C@H](O)C=C[C@@H]1[C@@H](CC=CCCCC(=O)NCCO)[C@H](O)C[C@H]1O. The first-order valence-corrected chi connectivity index (χ1v) is 10.7. The van der Waals surface area contributed by atoms with E-state index in [9.17, 15) is 20.1 Å². The Balaban J connectivity index is 2.39. The quantitative estimate of drug-likeness (QED) is 0.228. The second kappa shape index (κ2) is 14.7. The van der Waals surface area contributed by atoms with E-state index in [1.165, 1.54) is 0 Å². The number of hydrogen-bond donors (Lipinski definition) is 5. The topological polar surface area (TPSA) is 110 Å². The smallest absolute Gasteiger partial charge is 0.220 e. The van der Waals surface area contributed by atoms with Crippen molar-refractivity contribution in [2.24, 2.45) is 11.8 Å². The maximum atomic E-state index is 11.4. The summed E-state index contributed by atoms with van der Waals surface area (Å²) >= 11 is 0. The summed E-state index contributed by atoms with van der Waals surface area (Å²) in [5, 5.41) is 41.8. The van der Waals surface area contributed by atoms with E-state index in [1.807, 2.05) is 18.2 Å². The molecule has 6 heteroatoms. The molecule has 1 saturated carbocycles. The first-order valence-electron chi connectivity index (χ1n) is 10.7. The van der Waals surface area contributed by atoms with E-state index in [0.29, 0.717) is 25.8 Å². The molecule has 1 amide bonds. The Labute approximate surface area is 169 Å². The summed E-state index contributed by atoms with van der Waals surface area (Å²) in [7, 11) is 0. The second-order valence-electron chi connectivity index (χ2n) is 7.73. The van der Waals surface area contributed by atoms with Gasteiger partial charge in [0.15, 0.2) is 0 Å². The molecule has 0 spiro atoms. The maximum Gasteiger partial charge on any atom is 0.220 e. The van der Waals surface area contributed by atoms with Gasteiger partial charge in [-0.05, 0) is 31.6 Å². The van der Waals surface area contributed by atoms with Crippen molar-refractivity contribution in [3.05, 3.63) is 24.3 Å². The Hall–Kier alpha value is -1.21. The molecule has 1 rings (SSSR count). The highest BCUT2D eigenvalue weighted by atomic mass is 16.3. The molecule has 0 saturated heterocycles. The van der Waals surface area contributed by atoms with E-state index in [-0.39, 0.29) is 24.3 Å². The van der Waals surface area contributed by atoms with Crippen molar-refractivity contribution in [3.8, 4) is 0 Å². The van der Waals surface area contributed by atoms with E-state index in [2.05, 4.69) is 12.2 Å². The Morgan fingerprint density at radius 3 is 2.68 bits per heavy atom. The number of carbonyl (C=O) groups excluding carboxylic acids is 1. The number of unbranched alkanes of at least 4 members (excludes halogenated alkanes) is 3. The Morgan fingerprint density at radius 2 is 1.96 bits per heavy atom. The lowest BCUT2D eigenvalue weighted by atomic mass is 9.89. The predicted molar refractivity (Wildman–Crippen MR) is 111 cm³/mol. The largest absolute Gasteiger partial charge is 0.395 e. The highest BCUT2D eigenvalue weighted by molar-refractivity contribution is 5.75. The van der Waals surface area contributed by atoms with Gasteiger partial charge in [0.2, 0.25) is 5.91 Å². The first kappa shape index (κ1) is 24.8. The van der Waals surface area contributed by atoms with Crippen LogP contribution in [0, 0.1) is 11.8 Å². The molecule has 1 fully saturated rings. The Kier molecular flexibility index (Phi) is 13.1. The molecule has 0 radical (unpaired) electrons. The minimum absolute atomic E-state index is 0.0490. The lowest BCUT2D eigenvalue weighted by Gasteiger charge is -2.19. The third-order valence-electron chi connectivity index (χ3n) is 5.36. The lowest BCUT2D eigenvalue weighted by molar-refractivity contribution is -0.121. The van der Waals surface area contributed by atoms with Crippen LogP contribution in [-0.2, 0) is 4.79 Å². The Bertz CT molecular complexity index is 480. The van der Waals surface area contributed by atoms with Gasteiger partial charge >= 0.3 is 0 Å². The molecule has 0 unspecified atom stereocenters. The molecule has 0 aromatic heterocycles. The molecule has 0 aliphatic heterocycles. The fraction of sp³-hybridized carbons (Fsp3) is 0.773. The van der Waals surface area contributed by atoms with Crippen molar-refractivity contribution in [1.29, 1.82) is 0 Å². The molecule has 1 aliphatic carbocycles. The summed E-state index contributed by atoms with van der Waals surface area (Å²) in [4.78, 5) is 11.4. The molecule has 5 N–H and O–H groups in total. The van der Waals surface area contributed by atoms with Crippen LogP contribution in [0.5, 0.6) is 0 Å². The van der Waals surface area contributed by atoms with Crippen molar-refractivity contribution in [1.82, 2.24) is 5.32 Å². The van der Waals surface area contributed by atoms with Gasteiger partial charge in [0, 0.05) is 25.3 Å². The van der Waals surface area contributed by atoms with Crippen molar-refractivity contribution < 1.29 is 25.2 Å². The third kappa shape index (κ3) is 9.82.